The van der Waals surface area contributed by atoms with Crippen LogP contribution < -0.4 is 16.2 Å². The number of aryl methyl sites for hydroxylation is 1. The molecule has 3 N–H and O–H groups in total. The zero-order valence-corrected chi connectivity index (χ0v) is 17.4. The van der Waals surface area contributed by atoms with E-state index < -0.39 is 5.97 Å². The van der Waals surface area contributed by atoms with Gasteiger partial charge in [-0.2, -0.15) is 0 Å². The number of esters is 1. The number of hydrazine groups is 1. The third-order valence-electron chi connectivity index (χ3n) is 3.91. The van der Waals surface area contributed by atoms with E-state index in [0.717, 1.165) is 10.4 Å². The molecule has 0 aliphatic rings. The molecule has 0 saturated carbocycles. The Labute approximate surface area is 177 Å². The van der Waals surface area contributed by atoms with Crippen LogP contribution in [0.15, 0.2) is 53.1 Å². The molecule has 29 heavy (non-hydrogen) atoms. The number of amides is 1. The van der Waals surface area contributed by atoms with Crippen LogP contribution in [0.3, 0.4) is 0 Å². The maximum atomic E-state index is 12.4. The van der Waals surface area contributed by atoms with Gasteiger partial charge in [-0.15, -0.1) is 11.3 Å². The molecule has 9 heteroatoms. The Hall–Kier alpha value is -3.17. The number of benzene rings is 1. The number of anilines is 1. The van der Waals surface area contributed by atoms with Crippen molar-refractivity contribution in [1.29, 1.82) is 0 Å². The second-order valence-electron chi connectivity index (χ2n) is 5.86. The Balaban J connectivity index is 1.73. The van der Waals surface area contributed by atoms with E-state index in [4.69, 9.17) is 21.4 Å². The van der Waals surface area contributed by atoms with Gasteiger partial charge in [-0.1, -0.05) is 30.3 Å². The lowest BCUT2D eigenvalue weighted by Gasteiger charge is -2.11. The number of thiophene rings is 1. The first kappa shape index (κ1) is 20.6. The minimum atomic E-state index is -0.450. The summed E-state index contributed by atoms with van der Waals surface area (Å²) in [4.78, 5) is 25.4. The van der Waals surface area contributed by atoms with Crippen LogP contribution in [-0.2, 0) is 4.74 Å². The maximum Gasteiger partial charge on any atom is 0.341 e. The SMILES string of the molecule is CCOC(=O)c1cc(-c2ccccc2)sc1NC(=S)NNC(=O)c1ccoc1C. The van der Waals surface area contributed by atoms with Crippen LogP contribution in [0.5, 0.6) is 0 Å². The van der Waals surface area contributed by atoms with Crippen LogP contribution in [0, 0.1) is 6.92 Å². The molecule has 0 aliphatic carbocycles. The highest BCUT2D eigenvalue weighted by Gasteiger charge is 2.19. The molecule has 0 aliphatic heterocycles. The molecule has 0 radical (unpaired) electrons. The van der Waals surface area contributed by atoms with Crippen molar-refractivity contribution in [3.63, 3.8) is 0 Å². The van der Waals surface area contributed by atoms with E-state index in [1.54, 1.807) is 26.0 Å². The smallest absolute Gasteiger partial charge is 0.341 e. The molecule has 0 spiro atoms. The number of ether oxygens (including phenoxy) is 1. The number of carbonyl (C=O) groups is 2. The second kappa shape index (κ2) is 9.35. The molecule has 150 valence electrons. The van der Waals surface area contributed by atoms with E-state index in [1.807, 2.05) is 30.3 Å². The van der Waals surface area contributed by atoms with Gasteiger partial charge in [-0.05, 0) is 43.8 Å². The van der Waals surface area contributed by atoms with E-state index in [1.165, 1.54) is 17.6 Å². The van der Waals surface area contributed by atoms with Gasteiger partial charge in [0, 0.05) is 4.88 Å². The standard InChI is InChI=1S/C20H19N3O4S2/c1-3-26-19(25)15-11-16(13-7-5-4-6-8-13)29-18(15)21-20(28)23-22-17(24)14-9-10-27-12(14)2/h4-11H,3H2,1-2H3,(H,22,24)(H2,21,23,28). The average Bonchev–Trinajstić information content (AvgIpc) is 3.33. The highest BCUT2D eigenvalue weighted by molar-refractivity contribution is 7.80. The molecule has 3 rings (SSSR count). The highest BCUT2D eigenvalue weighted by atomic mass is 32.1. The lowest BCUT2D eigenvalue weighted by molar-refractivity contribution is 0.0528. The fraction of sp³-hybridized carbons (Fsp3) is 0.150. The van der Waals surface area contributed by atoms with Crippen molar-refractivity contribution in [3.05, 3.63) is 65.6 Å². The van der Waals surface area contributed by atoms with Gasteiger partial charge in [0.15, 0.2) is 5.11 Å². The van der Waals surface area contributed by atoms with Crippen molar-refractivity contribution in [2.75, 3.05) is 11.9 Å². The lowest BCUT2D eigenvalue weighted by Crippen LogP contribution is -2.43. The summed E-state index contributed by atoms with van der Waals surface area (Å²) in [5.74, 6) is -0.338. The molecular weight excluding hydrogens is 410 g/mol. The molecule has 0 unspecified atom stereocenters. The van der Waals surface area contributed by atoms with Crippen LogP contribution in [0.4, 0.5) is 5.00 Å². The fourth-order valence-electron chi connectivity index (χ4n) is 2.52. The molecule has 0 saturated heterocycles. The summed E-state index contributed by atoms with van der Waals surface area (Å²) in [5.41, 5.74) is 6.86. The molecule has 0 bridgehead atoms. The van der Waals surface area contributed by atoms with E-state index in [9.17, 15) is 9.59 Å². The van der Waals surface area contributed by atoms with Gasteiger partial charge in [-0.3, -0.25) is 15.6 Å². The number of nitrogens with one attached hydrogen (secondary N) is 3. The largest absolute Gasteiger partial charge is 0.469 e. The number of hydrogen-bond donors (Lipinski definition) is 3. The van der Waals surface area contributed by atoms with Gasteiger partial charge in [0.05, 0.1) is 24.0 Å². The summed E-state index contributed by atoms with van der Waals surface area (Å²) in [6.07, 6.45) is 1.43. The van der Waals surface area contributed by atoms with Gasteiger partial charge in [-0.25, -0.2) is 4.79 Å². The van der Waals surface area contributed by atoms with Gasteiger partial charge < -0.3 is 14.5 Å². The Bertz CT molecular complexity index is 1030. The first-order valence-electron chi connectivity index (χ1n) is 8.77. The topological polar surface area (TPSA) is 92.6 Å². The van der Waals surface area contributed by atoms with E-state index >= 15 is 0 Å². The van der Waals surface area contributed by atoms with Gasteiger partial charge in [0.2, 0.25) is 0 Å². The van der Waals surface area contributed by atoms with Crippen LogP contribution in [0.1, 0.15) is 33.4 Å². The van der Waals surface area contributed by atoms with E-state index in [-0.39, 0.29) is 17.6 Å². The lowest BCUT2D eigenvalue weighted by atomic mass is 10.1. The Morgan fingerprint density at radius 3 is 2.55 bits per heavy atom. The summed E-state index contributed by atoms with van der Waals surface area (Å²) in [7, 11) is 0. The molecule has 1 amide bonds. The molecular formula is C20H19N3O4S2. The molecule has 3 aromatic rings. The first-order chi connectivity index (χ1) is 14.0. The summed E-state index contributed by atoms with van der Waals surface area (Å²) >= 11 is 6.61. The molecule has 0 fully saturated rings. The predicted octanol–water partition coefficient (Wildman–Crippen LogP) is 4.12. The van der Waals surface area contributed by atoms with Gasteiger partial charge in [0.1, 0.15) is 10.8 Å². The zero-order valence-electron chi connectivity index (χ0n) is 15.8. The summed E-state index contributed by atoms with van der Waals surface area (Å²) in [6, 6.07) is 13.0. The van der Waals surface area contributed by atoms with Crippen molar-refractivity contribution in [2.45, 2.75) is 13.8 Å². The fourth-order valence-corrected chi connectivity index (χ4v) is 3.80. The Morgan fingerprint density at radius 2 is 1.90 bits per heavy atom. The summed E-state index contributed by atoms with van der Waals surface area (Å²) in [6.45, 7) is 3.69. The average molecular weight is 430 g/mol. The maximum absolute atomic E-state index is 12.4. The van der Waals surface area contributed by atoms with Crippen molar-refractivity contribution in [3.8, 4) is 10.4 Å². The number of rotatable bonds is 5. The first-order valence-corrected chi connectivity index (χ1v) is 10.00. The number of thiocarbonyl (C=S) groups is 1. The highest BCUT2D eigenvalue weighted by Crippen LogP contribution is 2.35. The molecule has 7 nitrogen and oxygen atoms in total. The van der Waals surface area contributed by atoms with Gasteiger partial charge in [0.25, 0.3) is 5.91 Å². The normalized spacial score (nSPS) is 10.3. The third-order valence-corrected chi connectivity index (χ3v) is 5.21. The van der Waals surface area contributed by atoms with Crippen molar-refractivity contribution in [2.24, 2.45) is 0 Å². The Morgan fingerprint density at radius 1 is 1.14 bits per heavy atom. The van der Waals surface area contributed by atoms with Crippen LogP contribution in [-0.4, -0.2) is 23.6 Å². The molecule has 2 heterocycles. The minimum absolute atomic E-state index is 0.131. The van der Waals surface area contributed by atoms with Crippen molar-refractivity contribution >= 4 is 45.5 Å². The van der Waals surface area contributed by atoms with E-state index in [0.29, 0.717) is 21.9 Å². The Kier molecular flexibility index (Phi) is 6.63. The number of hydrogen-bond acceptors (Lipinski definition) is 6. The molecule has 1 aromatic carbocycles. The van der Waals surface area contributed by atoms with Crippen LogP contribution in [0.25, 0.3) is 10.4 Å². The van der Waals surface area contributed by atoms with Crippen LogP contribution >= 0.6 is 23.6 Å². The minimum Gasteiger partial charge on any atom is -0.469 e. The summed E-state index contributed by atoms with van der Waals surface area (Å²) < 4.78 is 10.3. The van der Waals surface area contributed by atoms with Gasteiger partial charge >= 0.3 is 5.97 Å². The monoisotopic (exact) mass is 429 g/mol. The third kappa shape index (κ3) is 5.01. The zero-order chi connectivity index (χ0) is 20.8. The number of carbonyl (C=O) groups excluding carboxylic acids is 2. The quantitative estimate of drug-likeness (QED) is 0.319. The molecule has 2 aromatic heterocycles. The second-order valence-corrected chi connectivity index (χ2v) is 7.32. The molecule has 0 atom stereocenters. The number of furan rings is 1. The predicted molar refractivity (Wildman–Crippen MR) is 116 cm³/mol. The van der Waals surface area contributed by atoms with E-state index in [2.05, 4.69) is 16.2 Å². The van der Waals surface area contributed by atoms with Crippen molar-refractivity contribution in [1.82, 2.24) is 10.9 Å². The van der Waals surface area contributed by atoms with Crippen molar-refractivity contribution < 1.29 is 18.7 Å². The summed E-state index contributed by atoms with van der Waals surface area (Å²) in [5, 5.41) is 3.61. The van der Waals surface area contributed by atoms with Crippen LogP contribution in [0.2, 0.25) is 0 Å².